The van der Waals surface area contributed by atoms with Crippen LogP contribution in [0.5, 0.6) is 0 Å². The summed E-state index contributed by atoms with van der Waals surface area (Å²) in [7, 11) is -3.37. The first-order valence-corrected chi connectivity index (χ1v) is 12.7. The molecule has 0 aliphatic heterocycles. The van der Waals surface area contributed by atoms with Crippen molar-refractivity contribution in [3.05, 3.63) is 94.8 Å². The highest BCUT2D eigenvalue weighted by atomic mass is 32.2. The lowest BCUT2D eigenvalue weighted by Crippen LogP contribution is -2.36. The van der Waals surface area contributed by atoms with Crippen molar-refractivity contribution in [2.75, 3.05) is 6.26 Å². The van der Waals surface area contributed by atoms with E-state index in [4.69, 9.17) is 5.73 Å². The number of nitrogens with zero attached hydrogens (tertiary/aromatic N) is 3. The normalized spacial score (nSPS) is 13.3. The van der Waals surface area contributed by atoms with Crippen LogP contribution in [-0.2, 0) is 26.5 Å². The van der Waals surface area contributed by atoms with Crippen molar-refractivity contribution >= 4 is 15.7 Å². The molecule has 1 atom stereocenters. The number of primary amides is 1. The molecule has 0 saturated carbocycles. The van der Waals surface area contributed by atoms with E-state index in [2.05, 4.69) is 20.6 Å². The van der Waals surface area contributed by atoms with Gasteiger partial charge >= 0.3 is 0 Å². The first-order chi connectivity index (χ1) is 16.6. The smallest absolute Gasteiger partial charge is 0.218 e. The Morgan fingerprint density at radius 1 is 1.03 bits per heavy atom. The zero-order valence-electron chi connectivity index (χ0n) is 19.2. The third-order valence-electron chi connectivity index (χ3n) is 5.99. The molecule has 1 heterocycles. The molecule has 0 saturated heterocycles. The average Bonchev–Trinajstić information content (AvgIpc) is 3.33. The molecular formula is C25H24FN5O3S. The number of carbonyl (C=O) groups is 1. The minimum Gasteiger partial charge on any atom is -0.370 e. The van der Waals surface area contributed by atoms with Crippen molar-refractivity contribution in [2.24, 2.45) is 5.73 Å². The van der Waals surface area contributed by atoms with Gasteiger partial charge in [-0.05, 0) is 65.6 Å². The molecule has 8 nitrogen and oxygen atoms in total. The number of aryl methyl sites for hydroxylation is 1. The second-order valence-corrected chi connectivity index (χ2v) is 10.7. The number of nitrogens with two attached hydrogens (primary N) is 1. The molecule has 1 amide bonds. The molecule has 0 spiro atoms. The van der Waals surface area contributed by atoms with Gasteiger partial charge in [0.25, 0.3) is 0 Å². The van der Waals surface area contributed by atoms with E-state index in [1.54, 1.807) is 18.2 Å². The number of hydrogen-bond donors (Lipinski definition) is 2. The molecular weight excluding hydrogens is 469 g/mol. The van der Waals surface area contributed by atoms with Gasteiger partial charge in [-0.3, -0.25) is 4.79 Å². The van der Waals surface area contributed by atoms with Gasteiger partial charge in [-0.2, -0.15) is 5.21 Å². The maximum atomic E-state index is 14.9. The van der Waals surface area contributed by atoms with Crippen LogP contribution in [0.1, 0.15) is 28.7 Å². The lowest BCUT2D eigenvalue weighted by molar-refractivity contribution is -0.119. The van der Waals surface area contributed by atoms with Gasteiger partial charge < -0.3 is 5.73 Å². The summed E-state index contributed by atoms with van der Waals surface area (Å²) in [5.41, 5.74) is 8.12. The van der Waals surface area contributed by atoms with Gasteiger partial charge in [0.05, 0.1) is 4.90 Å². The molecule has 1 unspecified atom stereocenters. The molecule has 0 fully saturated rings. The maximum absolute atomic E-state index is 14.9. The summed E-state index contributed by atoms with van der Waals surface area (Å²) in [4.78, 5) is 12.6. The highest BCUT2D eigenvalue weighted by Gasteiger charge is 2.37. The zero-order valence-corrected chi connectivity index (χ0v) is 20.0. The minimum atomic E-state index is -3.37. The molecule has 4 rings (SSSR count). The molecule has 10 heteroatoms. The van der Waals surface area contributed by atoms with Crippen LogP contribution in [-0.4, -0.2) is 41.2 Å². The number of aromatic nitrogens is 4. The van der Waals surface area contributed by atoms with Crippen LogP contribution in [0.4, 0.5) is 4.39 Å². The first kappa shape index (κ1) is 24.2. The minimum absolute atomic E-state index is 0.112. The number of tetrazole rings is 1. The highest BCUT2D eigenvalue weighted by molar-refractivity contribution is 7.90. The Morgan fingerprint density at radius 3 is 2.29 bits per heavy atom. The van der Waals surface area contributed by atoms with Gasteiger partial charge in [0, 0.05) is 23.7 Å². The molecule has 3 N–H and O–H groups in total. The van der Waals surface area contributed by atoms with Gasteiger partial charge in [0.1, 0.15) is 5.82 Å². The highest BCUT2D eigenvalue weighted by Crippen LogP contribution is 2.41. The Morgan fingerprint density at radius 2 is 1.71 bits per heavy atom. The number of amides is 1. The van der Waals surface area contributed by atoms with Crippen LogP contribution in [0.2, 0.25) is 0 Å². The van der Waals surface area contributed by atoms with Crippen LogP contribution in [0, 0.1) is 12.7 Å². The standard InChI is InChI=1S/C25H24FN5O3S/c1-16-3-7-19(8-4-16)25(15-23(27)32,14-17-5-9-22(10-6-17)35(2,33)34)20-11-18(12-21(26)13-20)24-28-30-31-29-24/h3-13H,14-15H2,1-2H3,(H2,27,32)(H,28,29,30,31). The van der Waals surface area contributed by atoms with Gasteiger partial charge in [-0.1, -0.05) is 42.0 Å². The molecule has 0 aliphatic rings. The summed E-state index contributed by atoms with van der Waals surface area (Å²) in [5, 5.41) is 13.8. The number of rotatable bonds is 8. The fourth-order valence-corrected chi connectivity index (χ4v) is 4.92. The fraction of sp³-hybridized carbons (Fsp3) is 0.200. The molecule has 3 aromatic carbocycles. The third-order valence-corrected chi connectivity index (χ3v) is 7.12. The number of benzene rings is 3. The van der Waals surface area contributed by atoms with Gasteiger partial charge in [-0.25, -0.2) is 12.8 Å². The van der Waals surface area contributed by atoms with Crippen molar-refractivity contribution in [3.63, 3.8) is 0 Å². The van der Waals surface area contributed by atoms with Gasteiger partial charge in [-0.15, -0.1) is 10.2 Å². The number of aromatic amines is 1. The number of nitrogens with one attached hydrogen (secondary N) is 1. The summed E-state index contributed by atoms with van der Waals surface area (Å²) < 4.78 is 38.8. The van der Waals surface area contributed by atoms with Crippen LogP contribution >= 0.6 is 0 Å². The van der Waals surface area contributed by atoms with Crippen molar-refractivity contribution in [2.45, 2.75) is 30.1 Å². The van der Waals surface area contributed by atoms with Crippen molar-refractivity contribution in [1.29, 1.82) is 0 Å². The summed E-state index contributed by atoms with van der Waals surface area (Å²) in [6.07, 6.45) is 1.29. The van der Waals surface area contributed by atoms with E-state index in [0.29, 0.717) is 11.1 Å². The van der Waals surface area contributed by atoms with Gasteiger partial charge in [0.15, 0.2) is 9.84 Å². The predicted molar refractivity (Wildman–Crippen MR) is 129 cm³/mol. The molecule has 180 valence electrons. The Kier molecular flexibility index (Phi) is 6.49. The second kappa shape index (κ2) is 9.38. The van der Waals surface area contributed by atoms with E-state index < -0.39 is 27.0 Å². The van der Waals surface area contributed by atoms with E-state index in [9.17, 15) is 17.6 Å². The first-order valence-electron chi connectivity index (χ1n) is 10.8. The molecule has 0 aliphatic carbocycles. The molecule has 35 heavy (non-hydrogen) atoms. The maximum Gasteiger partial charge on any atom is 0.218 e. The Hall–Kier alpha value is -3.92. The van der Waals surface area contributed by atoms with E-state index in [0.717, 1.165) is 22.9 Å². The summed E-state index contributed by atoms with van der Waals surface area (Å²) in [5.74, 6) is -0.889. The third kappa shape index (κ3) is 5.27. The number of carbonyl (C=O) groups excluding carboxylic acids is 1. The lowest BCUT2D eigenvalue weighted by Gasteiger charge is -2.35. The monoisotopic (exact) mass is 493 g/mol. The largest absolute Gasteiger partial charge is 0.370 e. The molecule has 4 aromatic rings. The molecule has 0 bridgehead atoms. The number of hydrogen-bond acceptors (Lipinski definition) is 6. The van der Waals surface area contributed by atoms with Gasteiger partial charge in [0.2, 0.25) is 11.7 Å². The topological polar surface area (TPSA) is 132 Å². The quantitative estimate of drug-likeness (QED) is 0.388. The van der Waals surface area contributed by atoms with Crippen LogP contribution in [0.25, 0.3) is 11.4 Å². The number of H-pyrrole nitrogens is 1. The average molecular weight is 494 g/mol. The summed E-state index contributed by atoms with van der Waals surface area (Å²) >= 11 is 0. The Bertz CT molecular complexity index is 1450. The number of sulfone groups is 1. The molecule has 0 radical (unpaired) electrons. The summed E-state index contributed by atoms with van der Waals surface area (Å²) in [6.45, 7) is 1.94. The van der Waals surface area contributed by atoms with Crippen molar-refractivity contribution < 1.29 is 17.6 Å². The van der Waals surface area contributed by atoms with Crippen LogP contribution < -0.4 is 5.73 Å². The zero-order chi connectivity index (χ0) is 25.2. The molecule has 1 aromatic heterocycles. The lowest BCUT2D eigenvalue weighted by atomic mass is 9.67. The van der Waals surface area contributed by atoms with Crippen LogP contribution in [0.3, 0.4) is 0 Å². The van der Waals surface area contributed by atoms with E-state index in [1.165, 1.54) is 24.3 Å². The van der Waals surface area contributed by atoms with Crippen molar-refractivity contribution in [1.82, 2.24) is 20.6 Å². The van der Waals surface area contributed by atoms with E-state index >= 15 is 0 Å². The van der Waals surface area contributed by atoms with E-state index in [-0.39, 0.29) is 23.6 Å². The number of halogens is 1. The fourth-order valence-electron chi connectivity index (χ4n) is 4.29. The Balaban J connectivity index is 1.94. The Labute approximate surface area is 202 Å². The summed E-state index contributed by atoms with van der Waals surface area (Å²) in [6, 6.07) is 18.4. The SMILES string of the molecule is Cc1ccc(C(CC(N)=O)(Cc2ccc(S(C)(=O)=O)cc2)c2cc(F)cc(-c3nn[nH]n3)c2)cc1. The van der Waals surface area contributed by atoms with Crippen LogP contribution in [0.15, 0.2) is 71.6 Å². The van der Waals surface area contributed by atoms with Crippen molar-refractivity contribution in [3.8, 4) is 11.4 Å². The van der Waals surface area contributed by atoms with E-state index in [1.807, 2.05) is 31.2 Å². The predicted octanol–water partition coefficient (Wildman–Crippen LogP) is 3.12. The second-order valence-electron chi connectivity index (χ2n) is 8.65.